The Labute approximate surface area is 163 Å². The van der Waals surface area contributed by atoms with Gasteiger partial charge in [0.15, 0.2) is 11.4 Å². The van der Waals surface area contributed by atoms with E-state index in [0.29, 0.717) is 12.5 Å². The minimum atomic E-state index is -1.29. The van der Waals surface area contributed by atoms with E-state index < -0.39 is 11.9 Å². The number of aromatic nitrogens is 2. The summed E-state index contributed by atoms with van der Waals surface area (Å²) in [5.41, 5.74) is -0.573. The maximum absolute atomic E-state index is 11.5. The van der Waals surface area contributed by atoms with Crippen LogP contribution < -0.4 is 0 Å². The first-order chi connectivity index (χ1) is 13.0. The zero-order chi connectivity index (χ0) is 20.1. The van der Waals surface area contributed by atoms with E-state index in [1.807, 2.05) is 0 Å². The molecule has 1 atom stereocenters. The second-order valence-corrected chi connectivity index (χ2v) is 7.48. The van der Waals surface area contributed by atoms with Gasteiger partial charge in [-0.3, -0.25) is 0 Å². The van der Waals surface area contributed by atoms with Gasteiger partial charge in [0.2, 0.25) is 0 Å². The average Bonchev–Trinajstić information content (AvgIpc) is 3.05. The Bertz CT molecular complexity index is 569. The lowest BCUT2D eigenvalue weighted by atomic mass is 9.94. The molecule has 1 heterocycles. The van der Waals surface area contributed by atoms with E-state index in [1.54, 1.807) is 0 Å². The number of nitrogens with zero attached hydrogens (tertiary/aromatic N) is 2. The van der Waals surface area contributed by atoms with E-state index in [1.165, 1.54) is 62.3 Å². The van der Waals surface area contributed by atoms with Crippen molar-refractivity contribution >= 4 is 11.9 Å². The zero-order valence-electron chi connectivity index (χ0n) is 17.0. The largest absolute Gasteiger partial charge is 0.476 e. The number of aromatic carboxylic acids is 2. The van der Waals surface area contributed by atoms with Crippen molar-refractivity contribution in [1.29, 1.82) is 0 Å². The van der Waals surface area contributed by atoms with Crippen molar-refractivity contribution in [1.82, 2.24) is 9.55 Å². The number of carbonyl (C=O) groups is 2. The topological polar surface area (TPSA) is 92.4 Å². The van der Waals surface area contributed by atoms with Gasteiger partial charge >= 0.3 is 11.9 Å². The van der Waals surface area contributed by atoms with E-state index in [4.69, 9.17) is 5.11 Å². The molecule has 0 aliphatic heterocycles. The van der Waals surface area contributed by atoms with Crippen LogP contribution in [0.2, 0.25) is 0 Å². The number of unbranched alkanes of at least 4 members (excludes halogenated alkanes) is 8. The fourth-order valence-electron chi connectivity index (χ4n) is 3.58. The van der Waals surface area contributed by atoms with Gasteiger partial charge in [-0.2, -0.15) is 0 Å². The normalized spacial score (nSPS) is 12.2. The number of carboxylic acid groups (broad SMARTS) is 2. The minimum Gasteiger partial charge on any atom is -0.476 e. The minimum absolute atomic E-state index is 0.205. The van der Waals surface area contributed by atoms with Gasteiger partial charge in [-0.15, -0.1) is 0 Å². The molecule has 0 amide bonds. The molecule has 0 saturated heterocycles. The number of imidazole rings is 1. The Morgan fingerprint density at radius 1 is 0.889 bits per heavy atom. The Hall–Kier alpha value is -1.85. The fraction of sp³-hybridized carbons (Fsp3) is 0.762. The van der Waals surface area contributed by atoms with E-state index in [0.717, 1.165) is 25.7 Å². The average molecular weight is 381 g/mol. The first-order valence-electron chi connectivity index (χ1n) is 10.5. The highest BCUT2D eigenvalue weighted by atomic mass is 16.4. The summed E-state index contributed by atoms with van der Waals surface area (Å²) in [6.07, 6.45) is 15.6. The molecule has 0 bridgehead atoms. The van der Waals surface area contributed by atoms with Crippen LogP contribution in [0.3, 0.4) is 0 Å². The second-order valence-electron chi connectivity index (χ2n) is 7.48. The van der Waals surface area contributed by atoms with Crippen molar-refractivity contribution in [2.75, 3.05) is 0 Å². The van der Waals surface area contributed by atoms with Gasteiger partial charge in [-0.1, -0.05) is 78.1 Å². The number of hydrogen-bond acceptors (Lipinski definition) is 3. The highest BCUT2D eigenvalue weighted by molar-refractivity contribution is 5.99. The van der Waals surface area contributed by atoms with Crippen LogP contribution in [0.25, 0.3) is 0 Å². The molecule has 0 aromatic carbocycles. The van der Waals surface area contributed by atoms with Crippen LogP contribution in [-0.4, -0.2) is 31.7 Å². The Balaban J connectivity index is 2.69. The van der Waals surface area contributed by atoms with Gasteiger partial charge in [0.1, 0.15) is 0 Å². The van der Waals surface area contributed by atoms with Crippen LogP contribution in [0.15, 0.2) is 6.33 Å². The van der Waals surface area contributed by atoms with Gasteiger partial charge < -0.3 is 14.8 Å². The zero-order valence-corrected chi connectivity index (χ0v) is 17.0. The molecule has 6 heteroatoms. The van der Waals surface area contributed by atoms with Gasteiger partial charge in [-0.25, -0.2) is 14.6 Å². The van der Waals surface area contributed by atoms with Gasteiger partial charge in [0.05, 0.1) is 6.33 Å². The molecule has 6 nitrogen and oxygen atoms in total. The summed E-state index contributed by atoms with van der Waals surface area (Å²) in [6, 6.07) is 0. The lowest BCUT2D eigenvalue weighted by molar-refractivity contribution is 0.0639. The van der Waals surface area contributed by atoms with Crippen LogP contribution >= 0.6 is 0 Å². The third-order valence-electron chi connectivity index (χ3n) is 5.13. The summed E-state index contributed by atoms with van der Waals surface area (Å²) in [6.45, 7) is 4.93. The molecule has 0 aliphatic carbocycles. The van der Waals surface area contributed by atoms with Crippen LogP contribution in [0, 0.1) is 5.92 Å². The lowest BCUT2D eigenvalue weighted by Gasteiger charge is -2.18. The maximum atomic E-state index is 11.5. The van der Waals surface area contributed by atoms with Crippen LogP contribution in [0.1, 0.15) is 112 Å². The molecular formula is C21H36N2O4. The molecule has 0 fully saturated rings. The number of rotatable bonds is 16. The van der Waals surface area contributed by atoms with Crippen molar-refractivity contribution in [3.05, 3.63) is 17.7 Å². The molecule has 0 spiro atoms. The van der Waals surface area contributed by atoms with E-state index in [2.05, 4.69) is 18.8 Å². The van der Waals surface area contributed by atoms with Crippen molar-refractivity contribution in [3.63, 3.8) is 0 Å². The van der Waals surface area contributed by atoms with Crippen molar-refractivity contribution < 1.29 is 19.8 Å². The van der Waals surface area contributed by atoms with Crippen molar-refractivity contribution in [2.24, 2.45) is 5.92 Å². The first kappa shape index (κ1) is 23.2. The summed E-state index contributed by atoms with van der Waals surface area (Å²) in [5, 5.41) is 18.6. The molecule has 0 radical (unpaired) electrons. The number of hydrogen-bond donors (Lipinski definition) is 2. The third-order valence-corrected chi connectivity index (χ3v) is 5.13. The highest BCUT2D eigenvalue weighted by Crippen LogP contribution is 2.22. The quantitative estimate of drug-likeness (QED) is 0.363. The van der Waals surface area contributed by atoms with Gasteiger partial charge in [-0.05, 0) is 18.8 Å². The third kappa shape index (κ3) is 8.59. The molecule has 1 unspecified atom stereocenters. The van der Waals surface area contributed by atoms with Gasteiger partial charge in [0.25, 0.3) is 0 Å². The molecule has 1 rings (SSSR count). The second kappa shape index (κ2) is 13.3. The monoisotopic (exact) mass is 380 g/mol. The number of carboxylic acids is 2. The summed E-state index contributed by atoms with van der Waals surface area (Å²) in [5.74, 6) is -2.15. The standard InChI is InChI=1S/C21H36N2O4/c1-3-5-7-9-10-12-14-17(13-11-8-6-4-2)15-23-16-22-18(20(24)25)19(23)21(26)27/h16-17H,3-15H2,1-2H3,(H,24,25)(H,26,27). The van der Waals surface area contributed by atoms with Crippen LogP contribution in [0.5, 0.6) is 0 Å². The van der Waals surface area contributed by atoms with Crippen LogP contribution in [0.4, 0.5) is 0 Å². The molecule has 1 aromatic heterocycles. The smallest absolute Gasteiger partial charge is 0.357 e. The summed E-state index contributed by atoms with van der Waals surface area (Å²) in [7, 11) is 0. The SMILES string of the molecule is CCCCCCCCC(CCCCCC)Cn1cnc(C(=O)O)c1C(=O)O. The Kier molecular flexibility index (Phi) is 11.5. The molecule has 27 heavy (non-hydrogen) atoms. The van der Waals surface area contributed by atoms with Crippen LogP contribution in [-0.2, 0) is 6.54 Å². The van der Waals surface area contributed by atoms with Crippen molar-refractivity contribution in [2.45, 2.75) is 97.4 Å². The summed E-state index contributed by atoms with van der Waals surface area (Å²) >= 11 is 0. The molecule has 2 N–H and O–H groups in total. The fourth-order valence-corrected chi connectivity index (χ4v) is 3.58. The summed E-state index contributed by atoms with van der Waals surface area (Å²) < 4.78 is 1.52. The first-order valence-corrected chi connectivity index (χ1v) is 10.5. The Morgan fingerprint density at radius 3 is 1.93 bits per heavy atom. The Morgan fingerprint density at radius 2 is 1.41 bits per heavy atom. The molecule has 0 aliphatic rings. The predicted octanol–water partition coefficient (Wildman–Crippen LogP) is 5.62. The lowest BCUT2D eigenvalue weighted by Crippen LogP contribution is -2.17. The van der Waals surface area contributed by atoms with E-state index >= 15 is 0 Å². The molecular weight excluding hydrogens is 344 g/mol. The van der Waals surface area contributed by atoms with Crippen molar-refractivity contribution in [3.8, 4) is 0 Å². The molecule has 0 saturated carbocycles. The summed E-state index contributed by atoms with van der Waals surface area (Å²) in [4.78, 5) is 26.6. The van der Waals surface area contributed by atoms with E-state index in [-0.39, 0.29) is 11.4 Å². The molecule has 1 aromatic rings. The molecule has 154 valence electrons. The predicted molar refractivity (Wildman–Crippen MR) is 106 cm³/mol. The highest BCUT2D eigenvalue weighted by Gasteiger charge is 2.24. The maximum Gasteiger partial charge on any atom is 0.357 e. The van der Waals surface area contributed by atoms with E-state index in [9.17, 15) is 14.7 Å². The van der Waals surface area contributed by atoms with Gasteiger partial charge in [0, 0.05) is 6.54 Å².